The number of carboxylic acids is 1. The van der Waals surface area contributed by atoms with E-state index >= 15 is 0 Å². The van der Waals surface area contributed by atoms with Gasteiger partial charge < -0.3 is 24.1 Å². The van der Waals surface area contributed by atoms with Gasteiger partial charge in [0.05, 0.1) is 12.2 Å². The first-order chi connectivity index (χ1) is 18.8. The summed E-state index contributed by atoms with van der Waals surface area (Å²) in [6.45, 7) is 7.58. The highest BCUT2D eigenvalue weighted by atomic mass is 16.7. The van der Waals surface area contributed by atoms with E-state index in [0.29, 0.717) is 45.3 Å². The van der Waals surface area contributed by atoms with Crippen molar-refractivity contribution in [3.8, 4) is 11.8 Å². The van der Waals surface area contributed by atoms with Crippen LogP contribution in [0.5, 0.6) is 0 Å². The van der Waals surface area contributed by atoms with Gasteiger partial charge in [-0.3, -0.25) is 9.59 Å². The van der Waals surface area contributed by atoms with E-state index in [1.807, 2.05) is 19.1 Å². The molecule has 3 rings (SSSR count). The van der Waals surface area contributed by atoms with Gasteiger partial charge in [-0.25, -0.2) is 0 Å². The molecule has 1 saturated carbocycles. The summed E-state index contributed by atoms with van der Waals surface area (Å²) in [6.07, 6.45) is 16.4. The number of allylic oxidation sites excluding steroid dienone is 2. The molecule has 218 valence electrons. The lowest BCUT2D eigenvalue weighted by molar-refractivity contribution is -0.197. The SMILES string of the molecule is CC#CCC(C)(C)[C@@H](/C=C/[C@H]1[C@H](OC2CCCCO2)CC(=O)[C@@H]1C/C=C\CCCC(=O)O)OC1CCCCO1. The molecule has 6 atom stereocenters. The Hall–Kier alpha value is -1.98. The zero-order valence-corrected chi connectivity index (χ0v) is 24.1. The first-order valence-corrected chi connectivity index (χ1v) is 14.8. The van der Waals surface area contributed by atoms with E-state index in [9.17, 15) is 9.59 Å². The Labute approximate surface area is 234 Å². The molecule has 2 unspecified atom stereocenters. The van der Waals surface area contributed by atoms with E-state index in [4.69, 9.17) is 24.1 Å². The van der Waals surface area contributed by atoms with Crippen LogP contribution in [0.25, 0.3) is 0 Å². The smallest absolute Gasteiger partial charge is 0.303 e. The van der Waals surface area contributed by atoms with Crippen LogP contribution in [0.2, 0.25) is 0 Å². The minimum atomic E-state index is -0.785. The predicted octanol–water partition coefficient (Wildman–Crippen LogP) is 6.21. The molecule has 2 saturated heterocycles. The predicted molar refractivity (Wildman–Crippen MR) is 150 cm³/mol. The molecule has 39 heavy (non-hydrogen) atoms. The number of hydrogen-bond acceptors (Lipinski definition) is 6. The number of ether oxygens (including phenoxy) is 4. The minimum Gasteiger partial charge on any atom is -0.481 e. The van der Waals surface area contributed by atoms with Gasteiger partial charge in [0, 0.05) is 49.7 Å². The number of carbonyl (C=O) groups excluding carboxylic acids is 1. The zero-order valence-electron chi connectivity index (χ0n) is 24.1. The quantitative estimate of drug-likeness (QED) is 0.158. The van der Waals surface area contributed by atoms with Gasteiger partial charge in [-0.1, -0.05) is 38.2 Å². The van der Waals surface area contributed by atoms with Crippen LogP contribution in [0.4, 0.5) is 0 Å². The minimum absolute atomic E-state index is 0.0990. The standard InChI is InChI=1S/C32H48O7/c1-4-5-20-32(2,3)28(39-31-17-11-13-22-37-31)19-18-25-24(14-8-6-7-9-15-29(34)35)26(33)23-27(25)38-30-16-10-12-21-36-30/h6,8,18-19,24-25,27-28,30-31H,7,9-17,20-23H2,1-3H3,(H,34,35)/b8-6-,19-18+/t24-,25-,27-,28-,30?,31?/m1/s1. The fourth-order valence-corrected chi connectivity index (χ4v) is 5.51. The molecular weight excluding hydrogens is 496 g/mol. The third kappa shape index (κ3) is 10.5. The number of aliphatic carboxylic acids is 1. The average Bonchev–Trinajstić information content (AvgIpc) is 3.21. The maximum Gasteiger partial charge on any atom is 0.303 e. The number of rotatable bonds is 14. The first-order valence-electron chi connectivity index (χ1n) is 14.8. The number of unbranched alkanes of at least 4 members (excludes halogenated alkanes) is 1. The molecule has 0 aromatic rings. The van der Waals surface area contributed by atoms with Crippen LogP contribution in [0, 0.1) is 29.1 Å². The largest absolute Gasteiger partial charge is 0.481 e. The Morgan fingerprint density at radius 1 is 1.13 bits per heavy atom. The second-order valence-corrected chi connectivity index (χ2v) is 11.6. The summed E-state index contributed by atoms with van der Waals surface area (Å²) in [4.78, 5) is 24.0. The van der Waals surface area contributed by atoms with Crippen molar-refractivity contribution in [2.75, 3.05) is 13.2 Å². The van der Waals surface area contributed by atoms with Crippen LogP contribution < -0.4 is 0 Å². The zero-order chi connectivity index (χ0) is 28.1. The van der Waals surface area contributed by atoms with Crippen molar-refractivity contribution in [2.45, 2.75) is 123 Å². The summed E-state index contributed by atoms with van der Waals surface area (Å²) in [7, 11) is 0. The van der Waals surface area contributed by atoms with Crippen LogP contribution in [0.3, 0.4) is 0 Å². The van der Waals surface area contributed by atoms with E-state index in [1.165, 1.54) is 0 Å². The molecule has 2 heterocycles. The van der Waals surface area contributed by atoms with Gasteiger partial charge in [-0.15, -0.1) is 11.8 Å². The summed E-state index contributed by atoms with van der Waals surface area (Å²) in [6, 6.07) is 0. The summed E-state index contributed by atoms with van der Waals surface area (Å²) in [5.41, 5.74) is -0.245. The van der Waals surface area contributed by atoms with Gasteiger partial charge in [0.15, 0.2) is 12.6 Å². The van der Waals surface area contributed by atoms with Gasteiger partial charge in [-0.2, -0.15) is 0 Å². The number of hydrogen-bond donors (Lipinski definition) is 1. The van der Waals surface area contributed by atoms with Crippen molar-refractivity contribution >= 4 is 11.8 Å². The van der Waals surface area contributed by atoms with Crippen LogP contribution in [-0.2, 0) is 28.5 Å². The maximum absolute atomic E-state index is 13.2. The topological polar surface area (TPSA) is 91.3 Å². The van der Waals surface area contributed by atoms with E-state index < -0.39 is 5.97 Å². The molecule has 0 amide bonds. The van der Waals surface area contributed by atoms with Crippen LogP contribution in [0.15, 0.2) is 24.3 Å². The molecule has 0 bridgehead atoms. The van der Waals surface area contributed by atoms with Crippen molar-refractivity contribution in [3.63, 3.8) is 0 Å². The summed E-state index contributed by atoms with van der Waals surface area (Å²) < 4.78 is 24.7. The molecule has 3 aliphatic rings. The van der Waals surface area contributed by atoms with E-state index in [0.717, 1.165) is 38.5 Å². The Morgan fingerprint density at radius 2 is 1.85 bits per heavy atom. The molecule has 2 aliphatic heterocycles. The Morgan fingerprint density at radius 3 is 2.49 bits per heavy atom. The molecule has 3 fully saturated rings. The second-order valence-electron chi connectivity index (χ2n) is 11.6. The molecule has 1 N–H and O–H groups in total. The van der Waals surface area contributed by atoms with E-state index in [-0.39, 0.29) is 54.2 Å². The highest BCUT2D eigenvalue weighted by Crippen LogP contribution is 2.38. The molecule has 0 spiro atoms. The lowest BCUT2D eigenvalue weighted by Gasteiger charge is -2.35. The Balaban J connectivity index is 1.77. The number of ketones is 1. The van der Waals surface area contributed by atoms with Gasteiger partial charge >= 0.3 is 5.97 Å². The summed E-state index contributed by atoms with van der Waals surface area (Å²) >= 11 is 0. The molecule has 0 radical (unpaired) electrons. The molecule has 1 aliphatic carbocycles. The van der Waals surface area contributed by atoms with Crippen molar-refractivity contribution < 1.29 is 33.6 Å². The van der Waals surface area contributed by atoms with Crippen LogP contribution in [-0.4, -0.2) is 54.9 Å². The normalized spacial score (nSPS) is 29.0. The number of carbonyl (C=O) groups is 2. The summed E-state index contributed by atoms with van der Waals surface area (Å²) in [5, 5.41) is 8.86. The molecule has 7 nitrogen and oxygen atoms in total. The fraction of sp³-hybridized carbons (Fsp3) is 0.750. The molecular formula is C32H48O7. The van der Waals surface area contributed by atoms with Crippen molar-refractivity contribution in [1.29, 1.82) is 0 Å². The Kier molecular flexibility index (Phi) is 13.2. The van der Waals surface area contributed by atoms with Gasteiger partial charge in [0.25, 0.3) is 0 Å². The third-order valence-electron chi connectivity index (χ3n) is 7.93. The van der Waals surface area contributed by atoms with Crippen molar-refractivity contribution in [2.24, 2.45) is 17.3 Å². The Bertz CT molecular complexity index is 884. The van der Waals surface area contributed by atoms with Crippen molar-refractivity contribution in [1.82, 2.24) is 0 Å². The molecule has 0 aromatic heterocycles. The highest BCUT2D eigenvalue weighted by molar-refractivity contribution is 5.85. The second kappa shape index (κ2) is 16.3. The van der Waals surface area contributed by atoms with Crippen LogP contribution >= 0.6 is 0 Å². The lowest BCUT2D eigenvalue weighted by atomic mass is 9.81. The van der Waals surface area contributed by atoms with Gasteiger partial charge in [0.2, 0.25) is 0 Å². The van der Waals surface area contributed by atoms with Gasteiger partial charge in [-0.05, 0) is 64.7 Å². The van der Waals surface area contributed by atoms with Crippen molar-refractivity contribution in [3.05, 3.63) is 24.3 Å². The number of Topliss-reactive ketones (excluding diaryl/α,β-unsaturated/α-hetero) is 1. The maximum atomic E-state index is 13.2. The lowest BCUT2D eigenvalue weighted by Crippen LogP contribution is -2.36. The third-order valence-corrected chi connectivity index (χ3v) is 7.93. The molecule has 7 heteroatoms. The highest BCUT2D eigenvalue weighted by Gasteiger charge is 2.43. The first kappa shape index (κ1) is 31.5. The van der Waals surface area contributed by atoms with E-state index in [2.05, 4.69) is 37.8 Å². The average molecular weight is 545 g/mol. The molecule has 0 aromatic carbocycles. The fourth-order valence-electron chi connectivity index (χ4n) is 5.51. The van der Waals surface area contributed by atoms with E-state index in [1.54, 1.807) is 0 Å². The summed E-state index contributed by atoms with van der Waals surface area (Å²) in [5.74, 6) is 5.34. The monoisotopic (exact) mass is 544 g/mol. The van der Waals surface area contributed by atoms with Crippen LogP contribution in [0.1, 0.15) is 97.8 Å². The number of carboxylic acid groups (broad SMARTS) is 1. The van der Waals surface area contributed by atoms with Gasteiger partial charge in [0.1, 0.15) is 5.78 Å².